The highest BCUT2D eigenvalue weighted by Crippen LogP contribution is 2.30. The predicted octanol–water partition coefficient (Wildman–Crippen LogP) is 4.60. The van der Waals surface area contributed by atoms with Crippen molar-refractivity contribution in [2.45, 2.75) is 51.0 Å². The van der Waals surface area contributed by atoms with Gasteiger partial charge in [-0.15, -0.1) is 0 Å². The first-order chi connectivity index (χ1) is 9.83. The van der Waals surface area contributed by atoms with Crippen LogP contribution in [0.25, 0.3) is 10.9 Å². The third kappa shape index (κ3) is 3.18. The SMILES string of the molecule is NC(CC1CCCCCC1)c1ccc2ncccc2c1. The van der Waals surface area contributed by atoms with Gasteiger partial charge in [0, 0.05) is 17.6 Å². The van der Waals surface area contributed by atoms with E-state index in [4.69, 9.17) is 5.73 Å². The molecule has 1 aromatic carbocycles. The molecule has 2 N–H and O–H groups in total. The van der Waals surface area contributed by atoms with Gasteiger partial charge in [-0.3, -0.25) is 4.98 Å². The Morgan fingerprint density at radius 3 is 2.70 bits per heavy atom. The van der Waals surface area contributed by atoms with Crippen molar-refractivity contribution < 1.29 is 0 Å². The lowest BCUT2D eigenvalue weighted by Crippen LogP contribution is -2.15. The molecule has 0 bridgehead atoms. The molecule has 1 saturated carbocycles. The number of nitrogens with zero attached hydrogens (tertiary/aromatic N) is 1. The zero-order valence-corrected chi connectivity index (χ0v) is 12.1. The Morgan fingerprint density at radius 1 is 1.10 bits per heavy atom. The van der Waals surface area contributed by atoms with E-state index >= 15 is 0 Å². The van der Waals surface area contributed by atoms with Gasteiger partial charge in [0.25, 0.3) is 0 Å². The summed E-state index contributed by atoms with van der Waals surface area (Å²) in [5.74, 6) is 0.817. The second-order valence-electron chi connectivity index (χ2n) is 6.16. The number of hydrogen-bond donors (Lipinski definition) is 1. The van der Waals surface area contributed by atoms with E-state index in [1.54, 1.807) is 0 Å². The summed E-state index contributed by atoms with van der Waals surface area (Å²) in [6.07, 6.45) is 11.3. The van der Waals surface area contributed by atoms with Gasteiger partial charge in [-0.25, -0.2) is 0 Å². The first-order valence-electron chi connectivity index (χ1n) is 7.93. The highest BCUT2D eigenvalue weighted by Gasteiger charge is 2.17. The van der Waals surface area contributed by atoms with Gasteiger partial charge in [0.15, 0.2) is 0 Å². The highest BCUT2D eigenvalue weighted by molar-refractivity contribution is 5.79. The molecule has 3 rings (SSSR count). The molecule has 1 unspecified atom stereocenters. The molecule has 1 aliphatic carbocycles. The fourth-order valence-corrected chi connectivity index (χ4v) is 3.42. The lowest BCUT2D eigenvalue weighted by molar-refractivity contribution is 0.393. The molecule has 1 heterocycles. The fraction of sp³-hybridized carbons (Fsp3) is 0.500. The summed E-state index contributed by atoms with van der Waals surface area (Å²) in [7, 11) is 0. The number of aromatic nitrogens is 1. The zero-order valence-electron chi connectivity index (χ0n) is 12.1. The van der Waals surface area contributed by atoms with Crippen molar-refractivity contribution in [1.82, 2.24) is 4.98 Å². The van der Waals surface area contributed by atoms with Crippen molar-refractivity contribution in [3.63, 3.8) is 0 Å². The lowest BCUT2D eigenvalue weighted by atomic mass is 9.89. The van der Waals surface area contributed by atoms with Crippen molar-refractivity contribution in [1.29, 1.82) is 0 Å². The minimum absolute atomic E-state index is 0.169. The van der Waals surface area contributed by atoms with Crippen LogP contribution in [0.15, 0.2) is 36.5 Å². The Labute approximate surface area is 121 Å². The van der Waals surface area contributed by atoms with Crippen LogP contribution in [0.2, 0.25) is 0 Å². The van der Waals surface area contributed by atoms with E-state index < -0.39 is 0 Å². The molecule has 106 valence electrons. The summed E-state index contributed by atoms with van der Waals surface area (Å²) in [4.78, 5) is 4.37. The maximum atomic E-state index is 6.45. The largest absolute Gasteiger partial charge is 0.324 e. The molecule has 2 aromatic rings. The summed E-state index contributed by atoms with van der Waals surface area (Å²) in [5.41, 5.74) is 8.76. The second-order valence-corrected chi connectivity index (χ2v) is 6.16. The third-order valence-electron chi connectivity index (χ3n) is 4.62. The minimum Gasteiger partial charge on any atom is -0.324 e. The fourth-order valence-electron chi connectivity index (χ4n) is 3.42. The van der Waals surface area contributed by atoms with Crippen molar-refractivity contribution in [2.24, 2.45) is 11.7 Å². The van der Waals surface area contributed by atoms with Gasteiger partial charge in [-0.1, -0.05) is 50.7 Å². The molecule has 2 nitrogen and oxygen atoms in total. The van der Waals surface area contributed by atoms with Gasteiger partial charge in [-0.05, 0) is 36.1 Å². The maximum absolute atomic E-state index is 6.45. The van der Waals surface area contributed by atoms with Crippen LogP contribution in [-0.4, -0.2) is 4.98 Å². The van der Waals surface area contributed by atoms with Gasteiger partial charge in [0.05, 0.1) is 5.52 Å². The molecule has 1 aliphatic rings. The van der Waals surface area contributed by atoms with Gasteiger partial charge in [0.1, 0.15) is 0 Å². The van der Waals surface area contributed by atoms with Gasteiger partial charge in [0.2, 0.25) is 0 Å². The number of rotatable bonds is 3. The third-order valence-corrected chi connectivity index (χ3v) is 4.62. The van der Waals surface area contributed by atoms with E-state index in [0.717, 1.165) is 17.9 Å². The van der Waals surface area contributed by atoms with Gasteiger partial charge < -0.3 is 5.73 Å². The van der Waals surface area contributed by atoms with E-state index in [1.807, 2.05) is 12.3 Å². The van der Waals surface area contributed by atoms with Crippen molar-refractivity contribution in [3.8, 4) is 0 Å². The molecular formula is C18H24N2. The molecule has 1 aromatic heterocycles. The molecular weight excluding hydrogens is 244 g/mol. The smallest absolute Gasteiger partial charge is 0.0702 e. The lowest BCUT2D eigenvalue weighted by Gasteiger charge is -2.20. The Hall–Kier alpha value is -1.41. The van der Waals surface area contributed by atoms with Crippen molar-refractivity contribution in [2.75, 3.05) is 0 Å². The topological polar surface area (TPSA) is 38.9 Å². The molecule has 0 spiro atoms. The van der Waals surface area contributed by atoms with Crippen LogP contribution in [0.5, 0.6) is 0 Å². The Morgan fingerprint density at radius 2 is 1.90 bits per heavy atom. The van der Waals surface area contributed by atoms with Crippen LogP contribution >= 0.6 is 0 Å². The van der Waals surface area contributed by atoms with Crippen molar-refractivity contribution in [3.05, 3.63) is 42.1 Å². The normalized spacial score (nSPS) is 18.9. The van der Waals surface area contributed by atoms with Crippen LogP contribution in [0, 0.1) is 5.92 Å². The monoisotopic (exact) mass is 268 g/mol. The van der Waals surface area contributed by atoms with Crippen LogP contribution in [-0.2, 0) is 0 Å². The maximum Gasteiger partial charge on any atom is 0.0702 e. The average Bonchev–Trinajstić information content (AvgIpc) is 2.75. The van der Waals surface area contributed by atoms with Crippen LogP contribution in [0.3, 0.4) is 0 Å². The minimum atomic E-state index is 0.169. The van der Waals surface area contributed by atoms with E-state index in [2.05, 4.69) is 29.2 Å². The first kappa shape index (κ1) is 13.6. The van der Waals surface area contributed by atoms with Crippen molar-refractivity contribution >= 4 is 10.9 Å². The van der Waals surface area contributed by atoms with Crippen LogP contribution in [0.4, 0.5) is 0 Å². The number of nitrogens with two attached hydrogens (primary N) is 1. The molecule has 0 saturated heterocycles. The molecule has 1 fully saturated rings. The highest BCUT2D eigenvalue weighted by atomic mass is 14.7. The summed E-state index contributed by atoms with van der Waals surface area (Å²) in [5, 5.41) is 1.20. The van der Waals surface area contributed by atoms with Crippen LogP contribution in [0.1, 0.15) is 56.6 Å². The van der Waals surface area contributed by atoms with E-state index in [1.165, 1.54) is 49.5 Å². The first-order valence-corrected chi connectivity index (χ1v) is 7.93. The summed E-state index contributed by atoms with van der Waals surface area (Å²) >= 11 is 0. The Balaban J connectivity index is 1.72. The molecule has 2 heteroatoms. The summed E-state index contributed by atoms with van der Waals surface area (Å²) < 4.78 is 0. The second kappa shape index (κ2) is 6.36. The summed E-state index contributed by atoms with van der Waals surface area (Å²) in [6, 6.07) is 10.7. The molecule has 20 heavy (non-hydrogen) atoms. The molecule has 0 amide bonds. The number of pyridine rings is 1. The van der Waals surface area contributed by atoms with E-state index in [9.17, 15) is 0 Å². The summed E-state index contributed by atoms with van der Waals surface area (Å²) in [6.45, 7) is 0. The number of hydrogen-bond acceptors (Lipinski definition) is 2. The van der Waals surface area contributed by atoms with Gasteiger partial charge in [-0.2, -0.15) is 0 Å². The number of benzene rings is 1. The van der Waals surface area contributed by atoms with Gasteiger partial charge >= 0.3 is 0 Å². The average molecular weight is 268 g/mol. The molecule has 0 radical (unpaired) electrons. The standard InChI is InChI=1S/C18H24N2/c19-17(12-14-6-3-1-2-4-7-14)15-9-10-18-16(13-15)8-5-11-20-18/h5,8-11,13-14,17H,1-4,6-7,12,19H2. The number of fused-ring (bicyclic) bond motifs is 1. The Kier molecular flexibility index (Phi) is 4.31. The van der Waals surface area contributed by atoms with E-state index in [-0.39, 0.29) is 6.04 Å². The molecule has 0 aliphatic heterocycles. The predicted molar refractivity (Wildman–Crippen MR) is 84.5 cm³/mol. The van der Waals surface area contributed by atoms with E-state index in [0.29, 0.717) is 0 Å². The quantitative estimate of drug-likeness (QED) is 0.826. The molecule has 1 atom stereocenters. The Bertz CT molecular complexity index is 556. The van der Waals surface area contributed by atoms with Crippen LogP contribution < -0.4 is 5.73 Å². The zero-order chi connectivity index (χ0) is 13.8.